The molecule has 0 bridgehead atoms. The van der Waals surface area contributed by atoms with Gasteiger partial charge in [-0.2, -0.15) is 0 Å². The second-order valence-corrected chi connectivity index (χ2v) is 4.87. The van der Waals surface area contributed by atoms with Crippen LogP contribution in [0.1, 0.15) is 18.4 Å². The predicted octanol–water partition coefficient (Wildman–Crippen LogP) is 2.62. The van der Waals surface area contributed by atoms with E-state index in [2.05, 4.69) is 46.9 Å². The number of ether oxygens (including phenoxy) is 1. The Morgan fingerprint density at radius 1 is 1.33 bits per heavy atom. The molecule has 0 heterocycles. The van der Waals surface area contributed by atoms with Crippen LogP contribution in [0.15, 0.2) is 24.3 Å². The van der Waals surface area contributed by atoms with Gasteiger partial charge in [0.1, 0.15) is 0 Å². The van der Waals surface area contributed by atoms with E-state index in [0.29, 0.717) is 0 Å². The van der Waals surface area contributed by atoms with Crippen LogP contribution in [0.25, 0.3) is 0 Å². The highest BCUT2D eigenvalue weighted by Gasteiger charge is 2.04. The summed E-state index contributed by atoms with van der Waals surface area (Å²) in [5.41, 5.74) is 1.19. The lowest BCUT2D eigenvalue weighted by molar-refractivity contribution is 0.135. The molecule has 3 heteroatoms. The van der Waals surface area contributed by atoms with E-state index in [1.807, 2.05) is 0 Å². The molecule has 1 unspecified atom stereocenters. The zero-order valence-corrected chi connectivity index (χ0v) is 11.1. The van der Waals surface area contributed by atoms with Crippen molar-refractivity contribution in [3.8, 4) is 0 Å². The molecule has 1 atom stereocenters. The molecule has 0 aliphatic heterocycles. The van der Waals surface area contributed by atoms with E-state index in [0.717, 1.165) is 25.9 Å². The summed E-state index contributed by atoms with van der Waals surface area (Å²) in [5, 5.41) is 9.74. The Morgan fingerprint density at radius 3 is 2.60 bits per heavy atom. The Kier molecular flexibility index (Phi) is 6.20. The average Bonchev–Trinajstić information content (AvgIpc) is 2.22. The van der Waals surface area contributed by atoms with Gasteiger partial charge in [0.15, 0.2) is 0 Å². The van der Waals surface area contributed by atoms with Crippen molar-refractivity contribution < 1.29 is 9.84 Å². The van der Waals surface area contributed by atoms with Crippen LogP contribution in [-0.4, -0.2) is 24.9 Å². The quantitative estimate of drug-likeness (QED) is 0.645. The minimum Gasteiger partial charge on any atom is -0.393 e. The third-order valence-corrected chi connectivity index (χ3v) is 2.99. The second-order valence-electron chi connectivity index (χ2n) is 3.62. The van der Waals surface area contributed by atoms with Gasteiger partial charge in [-0.05, 0) is 59.5 Å². The molecule has 0 radical (unpaired) electrons. The highest BCUT2D eigenvalue weighted by atomic mass is 127. The van der Waals surface area contributed by atoms with E-state index in [-0.39, 0.29) is 6.10 Å². The van der Waals surface area contributed by atoms with E-state index in [9.17, 15) is 5.11 Å². The lowest BCUT2D eigenvalue weighted by atomic mass is 10.0. The summed E-state index contributed by atoms with van der Waals surface area (Å²) in [6.45, 7) is 0.726. The molecule has 0 saturated carbocycles. The maximum atomic E-state index is 9.74. The average molecular weight is 320 g/mol. The molecule has 15 heavy (non-hydrogen) atoms. The van der Waals surface area contributed by atoms with Gasteiger partial charge in [0.2, 0.25) is 0 Å². The van der Waals surface area contributed by atoms with Gasteiger partial charge < -0.3 is 9.84 Å². The smallest absolute Gasteiger partial charge is 0.0581 e. The van der Waals surface area contributed by atoms with Gasteiger partial charge in [0.05, 0.1) is 6.10 Å². The van der Waals surface area contributed by atoms with E-state index in [1.54, 1.807) is 7.11 Å². The largest absolute Gasteiger partial charge is 0.393 e. The fraction of sp³-hybridized carbons (Fsp3) is 0.500. The van der Waals surface area contributed by atoms with Crippen LogP contribution in [0.5, 0.6) is 0 Å². The third-order valence-electron chi connectivity index (χ3n) is 2.27. The Hall–Kier alpha value is -0.130. The van der Waals surface area contributed by atoms with Gasteiger partial charge in [-0.1, -0.05) is 12.1 Å². The molecule has 1 rings (SSSR count). The minimum absolute atomic E-state index is 0.250. The monoisotopic (exact) mass is 320 g/mol. The van der Waals surface area contributed by atoms with Crippen LogP contribution < -0.4 is 0 Å². The number of hydrogen-bond donors (Lipinski definition) is 1. The molecule has 0 amide bonds. The first-order valence-corrected chi connectivity index (χ1v) is 6.21. The Bertz CT molecular complexity index is 271. The zero-order chi connectivity index (χ0) is 11.1. The van der Waals surface area contributed by atoms with E-state index in [4.69, 9.17) is 4.74 Å². The molecule has 1 N–H and O–H groups in total. The van der Waals surface area contributed by atoms with Crippen molar-refractivity contribution in [1.82, 2.24) is 0 Å². The number of hydrogen-bond acceptors (Lipinski definition) is 2. The van der Waals surface area contributed by atoms with Gasteiger partial charge in [-0.15, -0.1) is 0 Å². The minimum atomic E-state index is -0.250. The molecule has 0 aliphatic carbocycles. The Balaban J connectivity index is 2.31. The van der Waals surface area contributed by atoms with E-state index >= 15 is 0 Å². The number of rotatable bonds is 6. The van der Waals surface area contributed by atoms with Crippen molar-refractivity contribution in [2.75, 3.05) is 13.7 Å². The summed E-state index contributed by atoms with van der Waals surface area (Å²) in [4.78, 5) is 0. The van der Waals surface area contributed by atoms with Crippen molar-refractivity contribution in [3.05, 3.63) is 33.4 Å². The molecule has 84 valence electrons. The number of halogens is 1. The topological polar surface area (TPSA) is 29.5 Å². The summed E-state index contributed by atoms with van der Waals surface area (Å²) in [5.74, 6) is 0. The van der Waals surface area contributed by atoms with Crippen LogP contribution in [0.4, 0.5) is 0 Å². The van der Waals surface area contributed by atoms with Crippen LogP contribution in [-0.2, 0) is 11.2 Å². The molecule has 1 aromatic rings. The fourth-order valence-electron chi connectivity index (χ4n) is 1.46. The first-order valence-electron chi connectivity index (χ1n) is 5.14. The van der Waals surface area contributed by atoms with Crippen molar-refractivity contribution in [3.63, 3.8) is 0 Å². The normalized spacial score (nSPS) is 12.7. The first-order chi connectivity index (χ1) is 7.22. The maximum absolute atomic E-state index is 9.74. The molecule has 2 nitrogen and oxygen atoms in total. The lowest BCUT2D eigenvalue weighted by Crippen LogP contribution is -2.11. The standard InChI is InChI=1S/C12H17IO2/c1-15-8-2-3-12(14)9-10-4-6-11(13)7-5-10/h4-7,12,14H,2-3,8-9H2,1H3. The molecule has 0 saturated heterocycles. The second kappa shape index (κ2) is 7.19. The molecule has 0 spiro atoms. The van der Waals surface area contributed by atoms with Gasteiger partial charge >= 0.3 is 0 Å². The van der Waals surface area contributed by atoms with Crippen molar-refractivity contribution in [2.24, 2.45) is 0 Å². The predicted molar refractivity (Wildman–Crippen MR) is 70.0 cm³/mol. The third kappa shape index (κ3) is 5.49. The molecular formula is C12H17IO2. The van der Waals surface area contributed by atoms with E-state index in [1.165, 1.54) is 9.13 Å². The number of aliphatic hydroxyl groups is 1. The van der Waals surface area contributed by atoms with Gasteiger partial charge in [-0.3, -0.25) is 0 Å². The Labute approximate surface area is 105 Å². The highest BCUT2D eigenvalue weighted by molar-refractivity contribution is 14.1. The molecule has 0 aromatic heterocycles. The number of aliphatic hydroxyl groups excluding tert-OH is 1. The van der Waals surface area contributed by atoms with Crippen molar-refractivity contribution >= 4 is 22.6 Å². The molecule has 1 aromatic carbocycles. The zero-order valence-electron chi connectivity index (χ0n) is 8.95. The summed E-state index contributed by atoms with van der Waals surface area (Å²) >= 11 is 2.28. The summed E-state index contributed by atoms with van der Waals surface area (Å²) < 4.78 is 6.17. The van der Waals surface area contributed by atoms with Gasteiger partial charge in [-0.25, -0.2) is 0 Å². The molecule has 0 aliphatic rings. The number of benzene rings is 1. The van der Waals surface area contributed by atoms with Crippen LogP contribution >= 0.6 is 22.6 Å². The first kappa shape index (κ1) is 12.9. The fourth-order valence-corrected chi connectivity index (χ4v) is 1.82. The number of methoxy groups -OCH3 is 1. The van der Waals surface area contributed by atoms with Crippen LogP contribution in [0.2, 0.25) is 0 Å². The summed E-state index contributed by atoms with van der Waals surface area (Å²) in [7, 11) is 1.69. The summed E-state index contributed by atoms with van der Waals surface area (Å²) in [6.07, 6.45) is 2.21. The molecule has 0 fully saturated rings. The van der Waals surface area contributed by atoms with Crippen LogP contribution in [0.3, 0.4) is 0 Å². The van der Waals surface area contributed by atoms with Gasteiger partial charge in [0.25, 0.3) is 0 Å². The lowest BCUT2D eigenvalue weighted by Gasteiger charge is -2.10. The van der Waals surface area contributed by atoms with E-state index < -0.39 is 0 Å². The maximum Gasteiger partial charge on any atom is 0.0581 e. The summed E-state index contributed by atoms with van der Waals surface area (Å²) in [6, 6.07) is 8.28. The van der Waals surface area contributed by atoms with Crippen molar-refractivity contribution in [2.45, 2.75) is 25.4 Å². The Morgan fingerprint density at radius 2 is 2.00 bits per heavy atom. The molecular weight excluding hydrogens is 303 g/mol. The highest BCUT2D eigenvalue weighted by Crippen LogP contribution is 2.10. The van der Waals surface area contributed by atoms with Crippen molar-refractivity contribution in [1.29, 1.82) is 0 Å². The van der Waals surface area contributed by atoms with Crippen LogP contribution in [0, 0.1) is 3.57 Å². The van der Waals surface area contributed by atoms with Gasteiger partial charge in [0, 0.05) is 17.3 Å². The SMILES string of the molecule is COCCCC(O)Cc1ccc(I)cc1.